The van der Waals surface area contributed by atoms with Crippen LogP contribution in [0.2, 0.25) is 5.02 Å². The van der Waals surface area contributed by atoms with Gasteiger partial charge in [-0.05, 0) is 23.8 Å². The molecule has 1 aromatic carbocycles. The number of piperazine rings is 1. The first-order valence-electron chi connectivity index (χ1n) is 8.42. The Morgan fingerprint density at radius 1 is 1.08 bits per heavy atom. The molecule has 8 heteroatoms. The molecule has 0 N–H and O–H groups in total. The number of hydrogen-bond donors (Lipinski definition) is 0. The van der Waals surface area contributed by atoms with Crippen LogP contribution in [0.25, 0.3) is 5.82 Å². The summed E-state index contributed by atoms with van der Waals surface area (Å²) in [6.07, 6.45) is 7.04. The van der Waals surface area contributed by atoms with Crippen molar-refractivity contribution < 1.29 is 4.39 Å². The highest BCUT2D eigenvalue weighted by Crippen LogP contribution is 2.21. The Bertz CT molecular complexity index is 877. The molecule has 0 spiro atoms. The molecular weight excluding hydrogens is 355 g/mol. The Kier molecular flexibility index (Phi) is 4.81. The van der Waals surface area contributed by atoms with Crippen LogP contribution < -0.4 is 4.90 Å². The third kappa shape index (κ3) is 3.68. The third-order valence-electron chi connectivity index (χ3n) is 4.45. The molecule has 4 rings (SSSR count). The van der Waals surface area contributed by atoms with Gasteiger partial charge in [0.05, 0.1) is 12.4 Å². The molecule has 0 unspecified atom stereocenters. The van der Waals surface area contributed by atoms with Gasteiger partial charge >= 0.3 is 0 Å². The Morgan fingerprint density at radius 3 is 2.62 bits per heavy atom. The van der Waals surface area contributed by atoms with Crippen LogP contribution in [0.3, 0.4) is 0 Å². The maximum absolute atomic E-state index is 13.2. The van der Waals surface area contributed by atoms with Crippen LogP contribution in [-0.4, -0.2) is 50.8 Å². The summed E-state index contributed by atoms with van der Waals surface area (Å²) >= 11 is 6.14. The summed E-state index contributed by atoms with van der Waals surface area (Å²) in [5, 5.41) is 4.67. The second kappa shape index (κ2) is 7.39. The van der Waals surface area contributed by atoms with E-state index in [1.165, 1.54) is 12.1 Å². The molecule has 1 aliphatic rings. The molecule has 0 atom stereocenters. The first-order chi connectivity index (χ1) is 12.7. The lowest BCUT2D eigenvalue weighted by Gasteiger charge is -2.35. The van der Waals surface area contributed by atoms with Crippen LogP contribution >= 0.6 is 11.6 Å². The van der Waals surface area contributed by atoms with Gasteiger partial charge in [-0.15, -0.1) is 0 Å². The van der Waals surface area contributed by atoms with Gasteiger partial charge in [0.15, 0.2) is 5.82 Å². The zero-order valence-electron chi connectivity index (χ0n) is 14.1. The quantitative estimate of drug-likeness (QED) is 0.705. The zero-order chi connectivity index (χ0) is 17.9. The van der Waals surface area contributed by atoms with Gasteiger partial charge in [0.1, 0.15) is 11.6 Å². The third-order valence-corrected chi connectivity index (χ3v) is 4.81. The lowest BCUT2D eigenvalue weighted by Crippen LogP contribution is -2.46. The van der Waals surface area contributed by atoms with Crippen molar-refractivity contribution in [2.45, 2.75) is 6.54 Å². The van der Waals surface area contributed by atoms with Crippen molar-refractivity contribution in [2.24, 2.45) is 0 Å². The maximum atomic E-state index is 13.2. The van der Waals surface area contributed by atoms with E-state index >= 15 is 0 Å². The van der Waals surface area contributed by atoms with Gasteiger partial charge in [-0.2, -0.15) is 5.10 Å². The number of halogens is 2. The molecule has 3 heterocycles. The molecule has 134 valence electrons. The van der Waals surface area contributed by atoms with E-state index in [1.807, 2.05) is 12.3 Å². The number of rotatable bonds is 4. The van der Waals surface area contributed by atoms with Gasteiger partial charge in [0, 0.05) is 50.1 Å². The van der Waals surface area contributed by atoms with Crippen molar-refractivity contribution >= 4 is 17.4 Å². The van der Waals surface area contributed by atoms with Crippen LogP contribution in [-0.2, 0) is 6.54 Å². The molecular formula is C18H18ClFN6. The van der Waals surface area contributed by atoms with Crippen LogP contribution in [0.1, 0.15) is 5.56 Å². The smallest absolute Gasteiger partial charge is 0.173 e. The van der Waals surface area contributed by atoms with Gasteiger partial charge in [-0.25, -0.2) is 14.1 Å². The number of aromatic nitrogens is 4. The average Bonchev–Trinajstić information content (AvgIpc) is 3.20. The fourth-order valence-electron chi connectivity index (χ4n) is 3.04. The molecule has 1 aliphatic heterocycles. The highest BCUT2D eigenvalue weighted by atomic mass is 35.5. The number of anilines is 1. The number of benzene rings is 1. The van der Waals surface area contributed by atoms with Crippen molar-refractivity contribution in [3.63, 3.8) is 0 Å². The number of hydrogen-bond acceptors (Lipinski definition) is 5. The largest absolute Gasteiger partial charge is 0.353 e. The van der Waals surface area contributed by atoms with E-state index in [4.69, 9.17) is 11.6 Å². The SMILES string of the molecule is Fc1ccc(CN2CCN(c3cncc(-n4cccn4)n3)CC2)c(Cl)c1. The standard InChI is InChI=1S/C18H18ClFN6/c19-16-10-15(20)3-2-14(16)13-24-6-8-25(9-7-24)17-11-21-12-18(23-17)26-5-1-4-22-26/h1-5,10-12H,6-9,13H2. The van der Waals surface area contributed by atoms with Gasteiger partial charge in [0.25, 0.3) is 0 Å². The summed E-state index contributed by atoms with van der Waals surface area (Å²) in [4.78, 5) is 13.5. The minimum absolute atomic E-state index is 0.306. The lowest BCUT2D eigenvalue weighted by atomic mass is 10.2. The molecule has 1 saturated heterocycles. The van der Waals surface area contributed by atoms with Crippen LogP contribution in [0.4, 0.5) is 10.2 Å². The van der Waals surface area contributed by atoms with E-state index in [9.17, 15) is 4.39 Å². The van der Waals surface area contributed by atoms with Crippen LogP contribution in [0.15, 0.2) is 49.1 Å². The fraction of sp³-hybridized carbons (Fsp3) is 0.278. The monoisotopic (exact) mass is 372 g/mol. The van der Waals surface area contributed by atoms with E-state index in [0.717, 1.165) is 37.6 Å². The van der Waals surface area contributed by atoms with Crippen LogP contribution in [0, 0.1) is 5.82 Å². The molecule has 3 aromatic rings. The topological polar surface area (TPSA) is 50.1 Å². The molecule has 0 aliphatic carbocycles. The molecule has 0 amide bonds. The predicted octanol–water partition coefficient (Wildman–Crippen LogP) is 2.78. The van der Waals surface area contributed by atoms with Crippen LogP contribution in [0.5, 0.6) is 0 Å². The molecule has 26 heavy (non-hydrogen) atoms. The summed E-state index contributed by atoms with van der Waals surface area (Å²) in [6.45, 7) is 4.15. The Balaban J connectivity index is 1.40. The molecule has 0 radical (unpaired) electrons. The predicted molar refractivity (Wildman–Crippen MR) is 98.1 cm³/mol. The molecule has 0 saturated carbocycles. The van der Waals surface area contributed by atoms with Gasteiger partial charge in [0.2, 0.25) is 0 Å². The van der Waals surface area contributed by atoms with E-state index in [1.54, 1.807) is 29.3 Å². The summed E-state index contributed by atoms with van der Waals surface area (Å²) in [5.41, 5.74) is 0.946. The van der Waals surface area contributed by atoms with Crippen molar-refractivity contribution in [1.82, 2.24) is 24.6 Å². The van der Waals surface area contributed by atoms with Gasteiger partial charge in [-0.3, -0.25) is 9.88 Å². The second-order valence-electron chi connectivity index (χ2n) is 6.19. The summed E-state index contributed by atoms with van der Waals surface area (Å²) in [6, 6.07) is 6.42. The highest BCUT2D eigenvalue weighted by molar-refractivity contribution is 6.31. The molecule has 0 bridgehead atoms. The van der Waals surface area contributed by atoms with Crippen molar-refractivity contribution in [3.05, 3.63) is 65.5 Å². The van der Waals surface area contributed by atoms with E-state index < -0.39 is 0 Å². The average molecular weight is 373 g/mol. The normalized spacial score (nSPS) is 15.4. The summed E-state index contributed by atoms with van der Waals surface area (Å²) < 4.78 is 14.9. The highest BCUT2D eigenvalue weighted by Gasteiger charge is 2.19. The maximum Gasteiger partial charge on any atom is 0.173 e. The summed E-state index contributed by atoms with van der Waals surface area (Å²) in [7, 11) is 0. The summed E-state index contributed by atoms with van der Waals surface area (Å²) in [5.74, 6) is 1.24. The minimum Gasteiger partial charge on any atom is -0.353 e. The second-order valence-corrected chi connectivity index (χ2v) is 6.59. The Labute approximate surface area is 155 Å². The Morgan fingerprint density at radius 2 is 1.88 bits per heavy atom. The first kappa shape index (κ1) is 16.9. The zero-order valence-corrected chi connectivity index (χ0v) is 14.8. The molecule has 1 fully saturated rings. The van der Waals surface area contributed by atoms with Gasteiger partial charge in [-0.1, -0.05) is 17.7 Å². The van der Waals surface area contributed by atoms with E-state index in [-0.39, 0.29) is 5.82 Å². The fourth-order valence-corrected chi connectivity index (χ4v) is 3.27. The van der Waals surface area contributed by atoms with Crippen molar-refractivity contribution in [3.8, 4) is 5.82 Å². The van der Waals surface area contributed by atoms with Crippen molar-refractivity contribution in [2.75, 3.05) is 31.1 Å². The number of nitrogens with zero attached hydrogens (tertiary/aromatic N) is 6. The first-order valence-corrected chi connectivity index (χ1v) is 8.80. The minimum atomic E-state index is -0.306. The van der Waals surface area contributed by atoms with E-state index in [0.29, 0.717) is 17.4 Å². The molecule has 6 nitrogen and oxygen atoms in total. The Hall–Kier alpha value is -2.51. The van der Waals surface area contributed by atoms with Gasteiger partial charge < -0.3 is 4.90 Å². The lowest BCUT2D eigenvalue weighted by molar-refractivity contribution is 0.249. The molecule has 2 aromatic heterocycles. The van der Waals surface area contributed by atoms with Crippen molar-refractivity contribution in [1.29, 1.82) is 0 Å². The van der Waals surface area contributed by atoms with E-state index in [2.05, 4.69) is 24.9 Å².